The van der Waals surface area contributed by atoms with E-state index in [-0.39, 0.29) is 5.91 Å². The van der Waals surface area contributed by atoms with E-state index in [2.05, 4.69) is 5.32 Å². The second kappa shape index (κ2) is 6.39. The molecule has 17 heavy (non-hydrogen) atoms. The average molecular weight is 241 g/mol. The number of carbonyl (C=O) groups is 2. The van der Waals surface area contributed by atoms with Crippen LogP contribution in [0.5, 0.6) is 0 Å². The van der Waals surface area contributed by atoms with Gasteiger partial charge >= 0.3 is 5.97 Å². The minimum atomic E-state index is -1.02. The predicted molar refractivity (Wildman–Crippen MR) is 62.6 cm³/mol. The second-order valence-electron chi connectivity index (χ2n) is 4.42. The van der Waals surface area contributed by atoms with E-state index in [1.807, 2.05) is 13.8 Å². The zero-order valence-corrected chi connectivity index (χ0v) is 10.2. The molecular weight excluding hydrogens is 222 g/mol. The van der Waals surface area contributed by atoms with Crippen LogP contribution in [0.2, 0.25) is 0 Å². The number of carbonyl (C=O) groups excluding carboxylic acids is 1. The summed E-state index contributed by atoms with van der Waals surface area (Å²) in [5.41, 5.74) is 1.03. The maximum atomic E-state index is 11.7. The number of nitrogens with one attached hydrogen (secondary N) is 1. The van der Waals surface area contributed by atoms with Crippen LogP contribution in [0.1, 0.15) is 33.1 Å². The van der Waals surface area contributed by atoms with Crippen molar-refractivity contribution in [2.75, 3.05) is 6.61 Å². The molecule has 5 heteroatoms. The van der Waals surface area contributed by atoms with Crippen molar-refractivity contribution in [1.82, 2.24) is 5.32 Å². The molecule has 0 aromatic heterocycles. The lowest BCUT2D eigenvalue weighted by molar-refractivity contribution is -0.143. The van der Waals surface area contributed by atoms with Crippen molar-refractivity contribution in [1.29, 1.82) is 0 Å². The number of hydrogen-bond donors (Lipinski definition) is 2. The van der Waals surface area contributed by atoms with Gasteiger partial charge < -0.3 is 15.2 Å². The molecule has 0 radical (unpaired) electrons. The zero-order valence-electron chi connectivity index (χ0n) is 10.2. The fourth-order valence-corrected chi connectivity index (χ4v) is 1.62. The average Bonchev–Trinajstić information content (AvgIpc) is 2.76. The van der Waals surface area contributed by atoms with Crippen LogP contribution >= 0.6 is 0 Å². The van der Waals surface area contributed by atoms with Crippen LogP contribution in [0.15, 0.2) is 11.6 Å². The fourth-order valence-electron chi connectivity index (χ4n) is 1.62. The quantitative estimate of drug-likeness (QED) is 0.706. The molecule has 1 fully saturated rings. The molecule has 1 heterocycles. The Kier molecular flexibility index (Phi) is 5.15. The summed E-state index contributed by atoms with van der Waals surface area (Å²) < 4.78 is 5.20. The largest absolute Gasteiger partial charge is 0.480 e. The third-order valence-electron chi connectivity index (χ3n) is 2.60. The van der Waals surface area contributed by atoms with Gasteiger partial charge in [0.1, 0.15) is 12.1 Å². The minimum absolute atomic E-state index is 0.302. The number of carboxylic acids is 1. The molecule has 0 bridgehead atoms. The fraction of sp³-hybridized carbons (Fsp3) is 0.667. The van der Waals surface area contributed by atoms with E-state index < -0.39 is 18.1 Å². The van der Waals surface area contributed by atoms with Crippen molar-refractivity contribution in [3.63, 3.8) is 0 Å². The van der Waals surface area contributed by atoms with Crippen LogP contribution < -0.4 is 5.32 Å². The van der Waals surface area contributed by atoms with E-state index in [9.17, 15) is 9.59 Å². The molecule has 1 aliphatic rings. The van der Waals surface area contributed by atoms with E-state index in [1.54, 1.807) is 6.08 Å². The summed E-state index contributed by atoms with van der Waals surface area (Å²) in [4.78, 5) is 22.7. The minimum Gasteiger partial charge on any atom is -0.480 e. The molecule has 96 valence electrons. The molecule has 0 unspecified atom stereocenters. The first-order chi connectivity index (χ1) is 8.00. The lowest BCUT2D eigenvalue weighted by Gasteiger charge is -2.15. The van der Waals surface area contributed by atoms with Gasteiger partial charge in [-0.15, -0.1) is 0 Å². The van der Waals surface area contributed by atoms with E-state index in [0.29, 0.717) is 19.4 Å². The molecule has 1 rings (SSSR count). The molecule has 1 aliphatic heterocycles. The molecule has 2 atom stereocenters. The summed E-state index contributed by atoms with van der Waals surface area (Å²) in [6.45, 7) is 4.35. The van der Waals surface area contributed by atoms with Gasteiger partial charge in [0.2, 0.25) is 5.91 Å². The Morgan fingerprint density at radius 1 is 1.53 bits per heavy atom. The van der Waals surface area contributed by atoms with E-state index in [0.717, 1.165) is 12.0 Å². The topological polar surface area (TPSA) is 75.6 Å². The number of allylic oxidation sites excluding steroid dienone is 1. The van der Waals surface area contributed by atoms with E-state index in [1.165, 1.54) is 0 Å². The first-order valence-corrected chi connectivity index (χ1v) is 5.79. The predicted octanol–water partition coefficient (Wildman–Crippen LogP) is 1.09. The molecular formula is C12H19NO4. The maximum Gasteiger partial charge on any atom is 0.326 e. The molecule has 2 N–H and O–H groups in total. The third-order valence-corrected chi connectivity index (χ3v) is 2.60. The summed E-state index contributed by atoms with van der Waals surface area (Å²) >= 11 is 0. The molecule has 0 aromatic carbocycles. The van der Waals surface area contributed by atoms with E-state index in [4.69, 9.17) is 9.84 Å². The van der Waals surface area contributed by atoms with Gasteiger partial charge in [-0.3, -0.25) is 4.79 Å². The number of rotatable bonds is 5. The number of hydrogen-bond acceptors (Lipinski definition) is 3. The Bertz CT molecular complexity index is 314. The highest BCUT2D eigenvalue weighted by Crippen LogP contribution is 2.12. The lowest BCUT2D eigenvalue weighted by Crippen LogP contribution is -2.45. The summed E-state index contributed by atoms with van der Waals surface area (Å²) in [7, 11) is 0. The van der Waals surface area contributed by atoms with Crippen molar-refractivity contribution < 1.29 is 19.4 Å². The summed E-state index contributed by atoms with van der Waals surface area (Å²) in [6, 6.07) is -0.874. The van der Waals surface area contributed by atoms with Gasteiger partial charge in [-0.05, 0) is 33.1 Å². The van der Waals surface area contributed by atoms with Gasteiger partial charge in [0.25, 0.3) is 0 Å². The van der Waals surface area contributed by atoms with Crippen molar-refractivity contribution in [3.8, 4) is 0 Å². The number of ether oxygens (including phenoxy) is 1. The highest BCUT2D eigenvalue weighted by Gasteiger charge is 2.27. The van der Waals surface area contributed by atoms with Crippen LogP contribution in [0.4, 0.5) is 0 Å². The summed E-state index contributed by atoms with van der Waals surface area (Å²) in [5, 5.41) is 11.5. The van der Waals surface area contributed by atoms with Crippen molar-refractivity contribution in [3.05, 3.63) is 11.6 Å². The SMILES string of the molecule is CC(C)=CC[C@H](NC(=O)[C@@H]1CCCO1)C(=O)O. The first-order valence-electron chi connectivity index (χ1n) is 5.79. The Balaban J connectivity index is 2.51. The van der Waals surface area contributed by atoms with Crippen LogP contribution in [-0.2, 0) is 14.3 Å². The van der Waals surface area contributed by atoms with Gasteiger partial charge in [-0.2, -0.15) is 0 Å². The maximum absolute atomic E-state index is 11.7. The van der Waals surface area contributed by atoms with Crippen LogP contribution in [0.3, 0.4) is 0 Å². The van der Waals surface area contributed by atoms with Crippen molar-refractivity contribution in [2.45, 2.75) is 45.3 Å². The molecule has 0 spiro atoms. The Hall–Kier alpha value is -1.36. The normalized spacial score (nSPS) is 20.7. The number of amides is 1. The van der Waals surface area contributed by atoms with Gasteiger partial charge in [-0.25, -0.2) is 4.79 Å². The van der Waals surface area contributed by atoms with E-state index >= 15 is 0 Å². The number of carboxylic acid groups (broad SMARTS) is 1. The zero-order chi connectivity index (χ0) is 12.8. The first kappa shape index (κ1) is 13.7. The molecule has 0 aliphatic carbocycles. The number of aliphatic carboxylic acids is 1. The molecule has 1 amide bonds. The standard InChI is InChI=1S/C12H19NO4/c1-8(2)5-6-9(12(15)16)13-11(14)10-4-3-7-17-10/h5,9-10H,3-4,6-7H2,1-2H3,(H,13,14)(H,15,16)/t9-,10-/m0/s1. The van der Waals surface area contributed by atoms with Crippen molar-refractivity contribution in [2.24, 2.45) is 0 Å². The van der Waals surface area contributed by atoms with Gasteiger partial charge in [0.15, 0.2) is 0 Å². The van der Waals surface area contributed by atoms with Gasteiger partial charge in [-0.1, -0.05) is 11.6 Å². The monoisotopic (exact) mass is 241 g/mol. The highest BCUT2D eigenvalue weighted by atomic mass is 16.5. The highest BCUT2D eigenvalue weighted by molar-refractivity contribution is 5.86. The molecule has 1 saturated heterocycles. The Morgan fingerprint density at radius 3 is 2.71 bits per heavy atom. The van der Waals surface area contributed by atoms with Crippen LogP contribution in [0.25, 0.3) is 0 Å². The molecule has 0 saturated carbocycles. The van der Waals surface area contributed by atoms with Crippen molar-refractivity contribution >= 4 is 11.9 Å². The Morgan fingerprint density at radius 2 is 2.24 bits per heavy atom. The third kappa shape index (κ3) is 4.56. The summed E-state index contributed by atoms with van der Waals surface area (Å²) in [5.74, 6) is -1.34. The van der Waals surface area contributed by atoms with Gasteiger partial charge in [0.05, 0.1) is 0 Å². The smallest absolute Gasteiger partial charge is 0.326 e. The molecule has 5 nitrogen and oxygen atoms in total. The molecule has 0 aromatic rings. The summed E-state index contributed by atoms with van der Waals surface area (Å²) in [6.07, 6.45) is 3.14. The van der Waals surface area contributed by atoms with Crippen LogP contribution in [-0.4, -0.2) is 35.7 Å². The van der Waals surface area contributed by atoms with Crippen LogP contribution in [0, 0.1) is 0 Å². The lowest BCUT2D eigenvalue weighted by atomic mass is 10.1. The van der Waals surface area contributed by atoms with Gasteiger partial charge in [0, 0.05) is 6.61 Å². The second-order valence-corrected chi connectivity index (χ2v) is 4.42. The Labute approximate surface area is 101 Å².